The van der Waals surface area contributed by atoms with Crippen molar-refractivity contribution in [2.24, 2.45) is 0 Å². The summed E-state index contributed by atoms with van der Waals surface area (Å²) in [6.45, 7) is 4.15. The lowest BCUT2D eigenvalue weighted by molar-refractivity contribution is -0.121. The van der Waals surface area contributed by atoms with Crippen molar-refractivity contribution in [2.45, 2.75) is 39.2 Å². The van der Waals surface area contributed by atoms with Crippen LogP contribution >= 0.6 is 0 Å². The maximum absolute atomic E-state index is 11.8. The van der Waals surface area contributed by atoms with Crippen LogP contribution in [-0.2, 0) is 11.2 Å². The Balaban J connectivity index is 2.42. The zero-order valence-electron chi connectivity index (χ0n) is 10.6. The van der Waals surface area contributed by atoms with E-state index in [9.17, 15) is 4.79 Å². The lowest BCUT2D eigenvalue weighted by Gasteiger charge is -2.13. The lowest BCUT2D eigenvalue weighted by atomic mass is 10.1. The van der Waals surface area contributed by atoms with Crippen molar-refractivity contribution in [3.63, 3.8) is 0 Å². The van der Waals surface area contributed by atoms with Crippen LogP contribution in [0.1, 0.15) is 30.9 Å². The van der Waals surface area contributed by atoms with Crippen LogP contribution < -0.4 is 5.32 Å². The molecule has 17 heavy (non-hydrogen) atoms. The molecule has 1 amide bonds. The third kappa shape index (κ3) is 5.00. The van der Waals surface area contributed by atoms with E-state index in [0.29, 0.717) is 6.42 Å². The molecular weight excluding hydrogens is 214 g/mol. The Bertz CT molecular complexity index is 363. The van der Waals surface area contributed by atoms with Crippen LogP contribution in [-0.4, -0.2) is 23.7 Å². The molecule has 1 atom stereocenters. The SMILES string of the molecule is Cc1ccccc1CC(=O)NC(C)CCCO. The average molecular weight is 235 g/mol. The zero-order chi connectivity index (χ0) is 12.7. The number of carbonyl (C=O) groups is 1. The van der Waals surface area contributed by atoms with Gasteiger partial charge in [0.2, 0.25) is 5.91 Å². The van der Waals surface area contributed by atoms with E-state index in [1.54, 1.807) is 0 Å². The number of hydrogen-bond acceptors (Lipinski definition) is 2. The highest BCUT2D eigenvalue weighted by atomic mass is 16.2. The number of aliphatic hydroxyl groups excluding tert-OH is 1. The largest absolute Gasteiger partial charge is 0.396 e. The van der Waals surface area contributed by atoms with Crippen LogP contribution in [0.5, 0.6) is 0 Å². The molecule has 3 heteroatoms. The molecular formula is C14H21NO2. The fraction of sp³-hybridized carbons (Fsp3) is 0.500. The van der Waals surface area contributed by atoms with Gasteiger partial charge in [-0.1, -0.05) is 24.3 Å². The first kappa shape index (κ1) is 13.7. The van der Waals surface area contributed by atoms with Gasteiger partial charge in [0.25, 0.3) is 0 Å². The van der Waals surface area contributed by atoms with Gasteiger partial charge in [-0.3, -0.25) is 4.79 Å². The van der Waals surface area contributed by atoms with Crippen LogP contribution in [0.15, 0.2) is 24.3 Å². The molecule has 1 aromatic rings. The first-order chi connectivity index (χ1) is 8.13. The number of benzene rings is 1. The van der Waals surface area contributed by atoms with E-state index in [1.165, 1.54) is 0 Å². The Morgan fingerprint density at radius 1 is 1.41 bits per heavy atom. The van der Waals surface area contributed by atoms with Crippen LogP contribution in [0.3, 0.4) is 0 Å². The molecule has 1 aromatic carbocycles. The van der Waals surface area contributed by atoms with E-state index in [4.69, 9.17) is 5.11 Å². The van der Waals surface area contributed by atoms with Crippen molar-refractivity contribution in [2.75, 3.05) is 6.61 Å². The van der Waals surface area contributed by atoms with E-state index in [-0.39, 0.29) is 18.6 Å². The number of amides is 1. The molecule has 0 heterocycles. The minimum Gasteiger partial charge on any atom is -0.396 e. The second-order valence-electron chi connectivity index (χ2n) is 4.44. The highest BCUT2D eigenvalue weighted by Gasteiger charge is 2.08. The van der Waals surface area contributed by atoms with Crippen LogP contribution in [0.4, 0.5) is 0 Å². The number of carbonyl (C=O) groups excluding carboxylic acids is 1. The number of aryl methyl sites for hydroxylation is 1. The minimum absolute atomic E-state index is 0.0461. The summed E-state index contributed by atoms with van der Waals surface area (Å²) < 4.78 is 0. The fourth-order valence-electron chi connectivity index (χ4n) is 1.78. The summed E-state index contributed by atoms with van der Waals surface area (Å²) in [7, 11) is 0. The van der Waals surface area contributed by atoms with Crippen LogP contribution in [0.2, 0.25) is 0 Å². The molecule has 0 fully saturated rings. The smallest absolute Gasteiger partial charge is 0.224 e. The van der Waals surface area contributed by atoms with Crippen molar-refractivity contribution in [1.82, 2.24) is 5.32 Å². The van der Waals surface area contributed by atoms with Gasteiger partial charge in [0.05, 0.1) is 6.42 Å². The maximum Gasteiger partial charge on any atom is 0.224 e. The maximum atomic E-state index is 11.8. The first-order valence-corrected chi connectivity index (χ1v) is 6.08. The van der Waals surface area contributed by atoms with Gasteiger partial charge in [-0.05, 0) is 37.8 Å². The monoisotopic (exact) mass is 235 g/mol. The zero-order valence-corrected chi connectivity index (χ0v) is 10.6. The van der Waals surface area contributed by atoms with E-state index >= 15 is 0 Å². The van der Waals surface area contributed by atoms with E-state index in [2.05, 4.69) is 5.32 Å². The van der Waals surface area contributed by atoms with Crippen molar-refractivity contribution in [1.29, 1.82) is 0 Å². The predicted octanol–water partition coefficient (Wildman–Crippen LogP) is 1.81. The van der Waals surface area contributed by atoms with Gasteiger partial charge in [0.15, 0.2) is 0 Å². The molecule has 0 saturated heterocycles. The van der Waals surface area contributed by atoms with Gasteiger partial charge in [-0.25, -0.2) is 0 Å². The Kier molecular flexibility index (Phi) is 5.70. The van der Waals surface area contributed by atoms with Gasteiger partial charge < -0.3 is 10.4 Å². The average Bonchev–Trinajstić information content (AvgIpc) is 2.29. The van der Waals surface area contributed by atoms with Gasteiger partial charge >= 0.3 is 0 Å². The second-order valence-corrected chi connectivity index (χ2v) is 4.44. The Hall–Kier alpha value is -1.35. The van der Waals surface area contributed by atoms with E-state index in [1.807, 2.05) is 38.1 Å². The topological polar surface area (TPSA) is 49.3 Å². The van der Waals surface area contributed by atoms with E-state index in [0.717, 1.165) is 24.0 Å². The van der Waals surface area contributed by atoms with Gasteiger partial charge in [-0.2, -0.15) is 0 Å². The third-order valence-corrected chi connectivity index (χ3v) is 2.81. The molecule has 0 spiro atoms. The molecule has 1 unspecified atom stereocenters. The molecule has 0 radical (unpaired) electrons. The number of hydrogen-bond donors (Lipinski definition) is 2. The molecule has 0 saturated carbocycles. The molecule has 0 aromatic heterocycles. The van der Waals surface area contributed by atoms with Crippen LogP contribution in [0, 0.1) is 6.92 Å². The van der Waals surface area contributed by atoms with Gasteiger partial charge in [-0.15, -0.1) is 0 Å². The van der Waals surface area contributed by atoms with Crippen molar-refractivity contribution in [3.8, 4) is 0 Å². The molecule has 0 bridgehead atoms. The normalized spacial score (nSPS) is 12.2. The summed E-state index contributed by atoms with van der Waals surface area (Å²) >= 11 is 0. The summed E-state index contributed by atoms with van der Waals surface area (Å²) in [5, 5.41) is 11.6. The number of rotatable bonds is 6. The fourth-order valence-corrected chi connectivity index (χ4v) is 1.78. The second kappa shape index (κ2) is 7.07. The van der Waals surface area contributed by atoms with Crippen LogP contribution in [0.25, 0.3) is 0 Å². The Morgan fingerprint density at radius 2 is 2.12 bits per heavy atom. The third-order valence-electron chi connectivity index (χ3n) is 2.81. The Labute approximate surface area is 103 Å². The highest BCUT2D eigenvalue weighted by Crippen LogP contribution is 2.07. The molecule has 3 nitrogen and oxygen atoms in total. The molecule has 94 valence electrons. The van der Waals surface area contributed by atoms with Crippen molar-refractivity contribution in [3.05, 3.63) is 35.4 Å². The predicted molar refractivity (Wildman–Crippen MR) is 68.8 cm³/mol. The molecule has 0 aliphatic carbocycles. The molecule has 0 aliphatic heterocycles. The summed E-state index contributed by atoms with van der Waals surface area (Å²) in [6.07, 6.45) is 1.97. The minimum atomic E-state index is 0.0461. The van der Waals surface area contributed by atoms with E-state index < -0.39 is 0 Å². The number of aliphatic hydroxyl groups is 1. The Morgan fingerprint density at radius 3 is 2.76 bits per heavy atom. The lowest BCUT2D eigenvalue weighted by Crippen LogP contribution is -2.33. The quantitative estimate of drug-likeness (QED) is 0.790. The van der Waals surface area contributed by atoms with Crippen molar-refractivity contribution >= 4 is 5.91 Å². The first-order valence-electron chi connectivity index (χ1n) is 6.08. The number of nitrogens with one attached hydrogen (secondary N) is 1. The molecule has 1 rings (SSSR count). The molecule has 0 aliphatic rings. The summed E-state index contributed by atoms with van der Waals surface area (Å²) in [4.78, 5) is 11.8. The van der Waals surface area contributed by atoms with Crippen molar-refractivity contribution < 1.29 is 9.90 Å². The molecule has 2 N–H and O–H groups in total. The standard InChI is InChI=1S/C14H21NO2/c1-11-6-3-4-8-13(11)10-14(17)15-12(2)7-5-9-16/h3-4,6,8,12,16H,5,7,9-10H2,1-2H3,(H,15,17). The van der Waals surface area contributed by atoms with Gasteiger partial charge in [0.1, 0.15) is 0 Å². The summed E-state index contributed by atoms with van der Waals surface area (Å²) in [5.41, 5.74) is 2.21. The highest BCUT2D eigenvalue weighted by molar-refractivity contribution is 5.79. The van der Waals surface area contributed by atoms with Gasteiger partial charge in [0, 0.05) is 12.6 Å². The summed E-state index contributed by atoms with van der Waals surface area (Å²) in [6, 6.07) is 8.04. The summed E-state index contributed by atoms with van der Waals surface area (Å²) in [5.74, 6) is 0.0461.